The number of carbonyl (C=O) groups excluding carboxylic acids is 2. The molecule has 5 nitrogen and oxygen atoms in total. The minimum atomic E-state index is -0.323. The van der Waals surface area contributed by atoms with Crippen LogP contribution in [0.4, 0.5) is 0 Å². The van der Waals surface area contributed by atoms with E-state index in [0.29, 0.717) is 4.88 Å². The van der Waals surface area contributed by atoms with Gasteiger partial charge in [0, 0.05) is 4.90 Å². The summed E-state index contributed by atoms with van der Waals surface area (Å²) < 4.78 is 0. The fourth-order valence-electron chi connectivity index (χ4n) is 1.47. The number of thioether (sulfide) groups is 1. The molecular formula is C14H14N2O3S2. The Balaban J connectivity index is 1.73. The number of rotatable bonds is 5. The average molecular weight is 322 g/mol. The maximum Gasteiger partial charge on any atom is 0.279 e. The predicted molar refractivity (Wildman–Crippen MR) is 83.0 cm³/mol. The Labute approximate surface area is 130 Å². The Morgan fingerprint density at radius 3 is 2.52 bits per heavy atom. The van der Waals surface area contributed by atoms with E-state index in [1.54, 1.807) is 29.6 Å². The number of aliphatic hydroxyl groups is 1. The number of carbonyl (C=O) groups is 2. The molecule has 0 saturated heterocycles. The molecule has 0 spiro atoms. The first-order valence-electron chi connectivity index (χ1n) is 6.14. The number of hydrazine groups is 1. The molecule has 0 bridgehead atoms. The van der Waals surface area contributed by atoms with Crippen molar-refractivity contribution >= 4 is 34.9 Å². The smallest absolute Gasteiger partial charge is 0.279 e. The maximum atomic E-state index is 11.6. The van der Waals surface area contributed by atoms with E-state index in [9.17, 15) is 9.59 Å². The maximum absolute atomic E-state index is 11.6. The van der Waals surface area contributed by atoms with Crippen molar-refractivity contribution in [3.05, 3.63) is 52.2 Å². The van der Waals surface area contributed by atoms with Crippen LogP contribution in [0.2, 0.25) is 0 Å². The van der Waals surface area contributed by atoms with Gasteiger partial charge >= 0.3 is 0 Å². The fourth-order valence-corrected chi connectivity index (χ4v) is 2.79. The van der Waals surface area contributed by atoms with Crippen LogP contribution in [0.1, 0.15) is 15.2 Å². The normalized spacial score (nSPS) is 10.1. The van der Waals surface area contributed by atoms with Crippen LogP contribution in [0.25, 0.3) is 0 Å². The Kier molecular flexibility index (Phi) is 5.79. The summed E-state index contributed by atoms with van der Waals surface area (Å²) in [6.45, 7) is 0.000183. The molecule has 1 heterocycles. The first-order valence-corrected chi connectivity index (χ1v) is 8.01. The molecule has 1 aromatic heterocycles. The summed E-state index contributed by atoms with van der Waals surface area (Å²) in [6.07, 6.45) is 0. The molecule has 0 saturated carbocycles. The van der Waals surface area contributed by atoms with E-state index in [1.165, 1.54) is 23.1 Å². The summed E-state index contributed by atoms with van der Waals surface area (Å²) in [5, 5.41) is 10.7. The molecule has 0 aliphatic heterocycles. The van der Waals surface area contributed by atoms with E-state index < -0.39 is 0 Å². The topological polar surface area (TPSA) is 78.4 Å². The molecule has 0 radical (unpaired) electrons. The Morgan fingerprint density at radius 2 is 1.90 bits per heavy atom. The highest BCUT2D eigenvalue weighted by Crippen LogP contribution is 2.18. The lowest BCUT2D eigenvalue weighted by Crippen LogP contribution is -2.42. The van der Waals surface area contributed by atoms with Crippen molar-refractivity contribution in [2.75, 3.05) is 5.75 Å². The second-order valence-corrected chi connectivity index (χ2v) is 6.07. The van der Waals surface area contributed by atoms with Gasteiger partial charge in [0.05, 0.1) is 17.2 Å². The third-order valence-corrected chi connectivity index (χ3v) is 4.42. The SMILES string of the molecule is O=C(CSc1ccc(CO)cc1)NNC(=O)c1cccs1. The van der Waals surface area contributed by atoms with Crippen LogP contribution in [-0.4, -0.2) is 22.7 Å². The van der Waals surface area contributed by atoms with E-state index in [4.69, 9.17) is 5.11 Å². The highest BCUT2D eigenvalue weighted by atomic mass is 32.2. The van der Waals surface area contributed by atoms with Crippen LogP contribution in [0, 0.1) is 0 Å². The molecule has 2 aromatic rings. The largest absolute Gasteiger partial charge is 0.392 e. The third-order valence-electron chi connectivity index (χ3n) is 2.54. The van der Waals surface area contributed by atoms with Crippen LogP contribution in [0.3, 0.4) is 0 Å². The second kappa shape index (κ2) is 7.82. The number of aliphatic hydroxyl groups excluding tert-OH is 1. The van der Waals surface area contributed by atoms with Crippen molar-refractivity contribution in [1.29, 1.82) is 0 Å². The van der Waals surface area contributed by atoms with Gasteiger partial charge in [-0.05, 0) is 29.1 Å². The number of hydrogen-bond donors (Lipinski definition) is 3. The summed E-state index contributed by atoms with van der Waals surface area (Å²) in [6, 6.07) is 10.7. The van der Waals surface area contributed by atoms with Gasteiger partial charge in [0.2, 0.25) is 5.91 Å². The van der Waals surface area contributed by atoms with Crippen molar-refractivity contribution in [3.63, 3.8) is 0 Å². The molecule has 0 atom stereocenters. The molecule has 0 aliphatic rings. The second-order valence-electron chi connectivity index (χ2n) is 4.07. The van der Waals surface area contributed by atoms with Crippen LogP contribution >= 0.6 is 23.1 Å². The zero-order chi connectivity index (χ0) is 15.1. The fraction of sp³-hybridized carbons (Fsp3) is 0.143. The van der Waals surface area contributed by atoms with Crippen LogP contribution in [-0.2, 0) is 11.4 Å². The minimum Gasteiger partial charge on any atom is -0.392 e. The Morgan fingerprint density at radius 1 is 1.14 bits per heavy atom. The van der Waals surface area contributed by atoms with Crippen molar-refractivity contribution in [2.45, 2.75) is 11.5 Å². The molecule has 1 aromatic carbocycles. The minimum absolute atomic E-state index is 0.000183. The summed E-state index contributed by atoms with van der Waals surface area (Å²) in [4.78, 5) is 24.7. The van der Waals surface area contributed by atoms with Gasteiger partial charge in [0.15, 0.2) is 0 Å². The quantitative estimate of drug-likeness (QED) is 0.579. The molecule has 2 amide bonds. The lowest BCUT2D eigenvalue weighted by atomic mass is 10.2. The molecule has 110 valence electrons. The average Bonchev–Trinajstić information content (AvgIpc) is 3.05. The Bertz CT molecular complexity index is 597. The van der Waals surface area contributed by atoms with E-state index in [2.05, 4.69) is 10.9 Å². The number of benzene rings is 1. The zero-order valence-corrected chi connectivity index (χ0v) is 12.7. The monoisotopic (exact) mass is 322 g/mol. The van der Waals surface area contributed by atoms with Crippen molar-refractivity contribution in [3.8, 4) is 0 Å². The highest BCUT2D eigenvalue weighted by molar-refractivity contribution is 8.00. The Hall–Kier alpha value is -1.83. The highest BCUT2D eigenvalue weighted by Gasteiger charge is 2.08. The van der Waals surface area contributed by atoms with Gasteiger partial charge in [-0.25, -0.2) is 0 Å². The molecule has 0 unspecified atom stereocenters. The van der Waals surface area contributed by atoms with Gasteiger partial charge in [0.1, 0.15) is 0 Å². The van der Waals surface area contributed by atoms with E-state index in [1.807, 2.05) is 12.1 Å². The van der Waals surface area contributed by atoms with Gasteiger partial charge in [-0.2, -0.15) is 0 Å². The number of amides is 2. The molecule has 0 fully saturated rings. The van der Waals surface area contributed by atoms with Gasteiger partial charge in [-0.3, -0.25) is 20.4 Å². The standard InChI is InChI=1S/C14H14N2O3S2/c17-8-10-3-5-11(6-4-10)21-9-13(18)15-16-14(19)12-2-1-7-20-12/h1-7,17H,8-9H2,(H,15,18)(H,16,19). The predicted octanol–water partition coefficient (Wildman–Crippen LogP) is 1.79. The molecule has 7 heteroatoms. The lowest BCUT2D eigenvalue weighted by Gasteiger charge is -2.06. The van der Waals surface area contributed by atoms with Gasteiger partial charge < -0.3 is 5.11 Å². The van der Waals surface area contributed by atoms with E-state index in [0.717, 1.165) is 10.5 Å². The molecule has 2 rings (SSSR count). The first-order chi connectivity index (χ1) is 10.2. The van der Waals surface area contributed by atoms with Gasteiger partial charge in [0.25, 0.3) is 5.91 Å². The van der Waals surface area contributed by atoms with E-state index >= 15 is 0 Å². The summed E-state index contributed by atoms with van der Waals surface area (Å²) in [5.74, 6) is -0.407. The molecule has 0 aliphatic carbocycles. The van der Waals surface area contributed by atoms with Crippen LogP contribution in [0.15, 0.2) is 46.7 Å². The molecular weight excluding hydrogens is 308 g/mol. The van der Waals surface area contributed by atoms with Crippen molar-refractivity contribution < 1.29 is 14.7 Å². The number of nitrogens with one attached hydrogen (secondary N) is 2. The van der Waals surface area contributed by atoms with Crippen molar-refractivity contribution in [2.24, 2.45) is 0 Å². The van der Waals surface area contributed by atoms with Crippen molar-refractivity contribution in [1.82, 2.24) is 10.9 Å². The van der Waals surface area contributed by atoms with Gasteiger partial charge in [-0.15, -0.1) is 23.1 Å². The number of hydrogen-bond acceptors (Lipinski definition) is 5. The lowest BCUT2D eigenvalue weighted by molar-refractivity contribution is -0.119. The number of thiophene rings is 1. The molecule has 21 heavy (non-hydrogen) atoms. The third kappa shape index (κ3) is 4.89. The molecule has 3 N–H and O–H groups in total. The summed E-state index contributed by atoms with van der Waals surface area (Å²) in [5.41, 5.74) is 5.56. The zero-order valence-electron chi connectivity index (χ0n) is 11.0. The summed E-state index contributed by atoms with van der Waals surface area (Å²) in [7, 11) is 0. The first kappa shape index (κ1) is 15.6. The van der Waals surface area contributed by atoms with Crippen LogP contribution < -0.4 is 10.9 Å². The summed E-state index contributed by atoms with van der Waals surface area (Å²) >= 11 is 2.66. The van der Waals surface area contributed by atoms with Gasteiger partial charge in [-0.1, -0.05) is 18.2 Å². The van der Waals surface area contributed by atoms with Crippen LogP contribution in [0.5, 0.6) is 0 Å². The van der Waals surface area contributed by atoms with E-state index in [-0.39, 0.29) is 24.2 Å².